The molecule has 5 aromatic rings. The van der Waals surface area contributed by atoms with E-state index in [4.69, 9.17) is 4.74 Å². The summed E-state index contributed by atoms with van der Waals surface area (Å²) in [6.07, 6.45) is 1.82. The molecule has 274 valence electrons. The van der Waals surface area contributed by atoms with Gasteiger partial charge in [0.15, 0.2) is 17.2 Å². The molecule has 8 rings (SSSR count). The summed E-state index contributed by atoms with van der Waals surface area (Å²) >= 11 is 2.95. The van der Waals surface area contributed by atoms with Gasteiger partial charge in [0.25, 0.3) is 0 Å². The van der Waals surface area contributed by atoms with Crippen LogP contribution in [0.1, 0.15) is 68.7 Å². The summed E-state index contributed by atoms with van der Waals surface area (Å²) in [6, 6.07) is 11.0. The first-order chi connectivity index (χ1) is 24.9. The summed E-state index contributed by atoms with van der Waals surface area (Å²) in [6.45, 7) is 6.23. The molecule has 1 N–H and O–H groups in total. The molecule has 1 atom stereocenters. The van der Waals surface area contributed by atoms with Gasteiger partial charge in [-0.1, -0.05) is 0 Å². The summed E-state index contributed by atoms with van der Waals surface area (Å²) in [5, 5.41) is 14.0. The van der Waals surface area contributed by atoms with Gasteiger partial charge in [0, 0.05) is 82.6 Å². The van der Waals surface area contributed by atoms with Crippen molar-refractivity contribution < 1.29 is 40.8 Å². The van der Waals surface area contributed by atoms with E-state index in [1.54, 1.807) is 24.3 Å². The Morgan fingerprint density at radius 1 is 0.925 bits per heavy atom. The number of benzene rings is 3. The molecule has 1 unspecified atom stereocenters. The van der Waals surface area contributed by atoms with Crippen molar-refractivity contribution in [1.82, 2.24) is 4.58 Å². The van der Waals surface area contributed by atoms with E-state index in [1.165, 1.54) is 22.7 Å². The number of ether oxygens (including phenoxy) is 1. The van der Waals surface area contributed by atoms with Crippen molar-refractivity contribution in [1.29, 1.82) is 0 Å². The number of rotatable bonds is 7. The maximum atomic E-state index is 16.3. The summed E-state index contributed by atoms with van der Waals surface area (Å²) in [5.74, 6) is -5.54. The average molecular weight is 779 g/mol. The molecule has 5 heterocycles. The predicted molar refractivity (Wildman–Crippen MR) is 197 cm³/mol. The van der Waals surface area contributed by atoms with E-state index in [9.17, 15) is 22.9 Å². The number of fused-ring (bicyclic) bond motifs is 8. The minimum atomic E-state index is -5.68. The van der Waals surface area contributed by atoms with Crippen molar-refractivity contribution in [3.05, 3.63) is 104 Å². The van der Waals surface area contributed by atoms with E-state index in [-0.39, 0.29) is 40.3 Å². The number of carboxylic acids is 1. The van der Waals surface area contributed by atoms with E-state index in [0.29, 0.717) is 24.8 Å². The average Bonchev–Trinajstić information content (AvgIpc) is 3.79. The van der Waals surface area contributed by atoms with Crippen molar-refractivity contribution >= 4 is 50.0 Å². The van der Waals surface area contributed by atoms with Gasteiger partial charge in [-0.3, -0.25) is 4.79 Å². The van der Waals surface area contributed by atoms with Crippen LogP contribution in [0, 0.1) is 17.5 Å². The number of aliphatic carboxylic acids is 1. The molecule has 0 fully saturated rings. The molecule has 0 saturated carbocycles. The Hall–Kier alpha value is -4.50. The van der Waals surface area contributed by atoms with Gasteiger partial charge in [0.2, 0.25) is 5.36 Å². The third kappa shape index (κ3) is 5.20. The van der Waals surface area contributed by atoms with E-state index < -0.39 is 55.1 Å². The number of carboxylic acid groups (broad SMARTS) is 1. The smallest absolute Gasteiger partial charge is 0.303 e. The summed E-state index contributed by atoms with van der Waals surface area (Å²) in [5.41, 5.74) is 2.15. The molecule has 3 aromatic carbocycles. The van der Waals surface area contributed by atoms with E-state index in [1.807, 2.05) is 37.0 Å². The van der Waals surface area contributed by atoms with Crippen LogP contribution in [0.2, 0.25) is 0 Å². The third-order valence-electron chi connectivity index (χ3n) is 11.2. The van der Waals surface area contributed by atoms with Crippen molar-refractivity contribution in [2.24, 2.45) is 0 Å². The molecule has 3 aliphatic heterocycles. The number of nitrogens with zero attached hydrogens (tertiary/aromatic N) is 2. The van der Waals surface area contributed by atoms with Gasteiger partial charge in [0.05, 0.1) is 22.0 Å². The van der Waals surface area contributed by atoms with Crippen LogP contribution >= 0.6 is 22.7 Å². The quantitative estimate of drug-likeness (QED) is 0.0774. The lowest BCUT2D eigenvalue weighted by atomic mass is 9.81. The molecule has 53 heavy (non-hydrogen) atoms. The minimum absolute atomic E-state index is 0.0500. The van der Waals surface area contributed by atoms with E-state index in [0.717, 1.165) is 37.5 Å². The second kappa shape index (κ2) is 12.0. The molecule has 8 nitrogen and oxygen atoms in total. The van der Waals surface area contributed by atoms with E-state index in [2.05, 4.69) is 30.2 Å². The Morgan fingerprint density at radius 3 is 2.28 bits per heavy atom. The molecule has 0 bridgehead atoms. The van der Waals surface area contributed by atoms with Gasteiger partial charge >= 0.3 is 5.97 Å². The van der Waals surface area contributed by atoms with Gasteiger partial charge in [-0.2, -0.15) is 0 Å². The highest BCUT2D eigenvalue weighted by Crippen LogP contribution is 2.53. The molecular weight excluding hydrogens is 746 g/mol. The molecule has 0 radical (unpaired) electrons. The Balaban J connectivity index is 1.49. The van der Waals surface area contributed by atoms with Gasteiger partial charge in [0.1, 0.15) is 39.4 Å². The minimum Gasteiger partial charge on any atom is -0.744 e. The molecule has 14 heteroatoms. The fourth-order valence-electron chi connectivity index (χ4n) is 8.11. The number of carbonyl (C=O) groups is 1. The van der Waals surface area contributed by atoms with Gasteiger partial charge < -0.3 is 19.3 Å². The maximum absolute atomic E-state index is 16.3. The monoisotopic (exact) mass is 778 g/mol. The molecule has 2 aromatic heterocycles. The number of unbranched alkanes of at least 4 members (excludes halogenated alkanes) is 1. The van der Waals surface area contributed by atoms with Crippen molar-refractivity contribution in [2.45, 2.75) is 62.4 Å². The van der Waals surface area contributed by atoms with Crippen LogP contribution in [0.25, 0.3) is 26.5 Å². The van der Waals surface area contributed by atoms with Crippen molar-refractivity contribution in [3.8, 4) is 32.4 Å². The van der Waals surface area contributed by atoms with Crippen LogP contribution < -0.4 is 24.8 Å². The normalized spacial score (nSPS) is 18.0. The van der Waals surface area contributed by atoms with Gasteiger partial charge in [-0.15, -0.1) is 22.7 Å². The first-order valence-electron chi connectivity index (χ1n) is 16.9. The van der Waals surface area contributed by atoms with Crippen LogP contribution in [0.15, 0.2) is 58.1 Å². The third-order valence-corrected chi connectivity index (χ3v) is 14.0. The fraction of sp³-hybridized carbons (Fsp3) is 0.282. The highest BCUT2D eigenvalue weighted by molar-refractivity contribution is 7.85. The number of hydrogen-bond acceptors (Lipinski definition) is 8. The topological polar surface area (TPSA) is 110 Å². The van der Waals surface area contributed by atoms with Crippen LogP contribution in [-0.4, -0.2) is 38.1 Å². The molecule has 0 spiro atoms. The lowest BCUT2D eigenvalue weighted by Gasteiger charge is -2.43. The second-order valence-corrected chi connectivity index (χ2v) is 17.5. The Labute approximate surface area is 311 Å². The molecule has 0 aliphatic carbocycles. The standard InChI is InChI=1S/C39H33F3N2O6S3/c1-38(2)23-9-12-51-35(23)19-14-21-29(17-27(19)43(38)4)50-30-18-28-20(36-24(10-13-52-36)39(3,44(28)5)11-7-6-8-31(45)46)15-22(30)32(21)33-34(42)25(40)16-26(41)37(33)53(47,48)49/h9-10,12-18H,6-8,11H2,1-5H3,(H-,45,46,47,48,49). The summed E-state index contributed by atoms with van der Waals surface area (Å²) < 4.78 is 93.9. The van der Waals surface area contributed by atoms with Crippen molar-refractivity contribution in [3.63, 3.8) is 0 Å². The van der Waals surface area contributed by atoms with E-state index >= 15 is 13.2 Å². The number of hydrogen-bond donors (Lipinski definition) is 1. The maximum Gasteiger partial charge on any atom is 0.303 e. The Bertz CT molecular complexity index is 2680. The summed E-state index contributed by atoms with van der Waals surface area (Å²) in [7, 11) is -1.83. The molecule has 3 aliphatic rings. The summed E-state index contributed by atoms with van der Waals surface area (Å²) in [4.78, 5) is 13.6. The first-order valence-corrected chi connectivity index (χ1v) is 20.0. The molecular formula is C39H33F3N2O6S3. The number of anilines is 1. The van der Waals surface area contributed by atoms with Crippen LogP contribution in [0.4, 0.5) is 18.9 Å². The zero-order chi connectivity index (χ0) is 37.9. The van der Waals surface area contributed by atoms with Crippen LogP contribution in [-0.2, 0) is 26.0 Å². The largest absolute Gasteiger partial charge is 0.744 e. The predicted octanol–water partition coefficient (Wildman–Crippen LogP) is 7.50. The number of halogens is 3. The lowest BCUT2D eigenvalue weighted by Crippen LogP contribution is -2.48. The van der Waals surface area contributed by atoms with Gasteiger partial charge in [-0.05, 0) is 67.3 Å². The second-order valence-electron chi connectivity index (χ2n) is 14.4. The van der Waals surface area contributed by atoms with Crippen LogP contribution in [0.3, 0.4) is 0 Å². The zero-order valence-electron chi connectivity index (χ0n) is 29.3. The highest BCUT2D eigenvalue weighted by Gasteiger charge is 2.44. The SMILES string of the molecule is CN1c2cc3c(cc2-c2sccc2C1(C)C)C(c1c(F)c(F)cc(F)c1S(=O)(=O)[O-])=c1cc2c(cc1O3)=[N+](C)C(C)(CCCCC(=O)O)c1ccsc1-2. The number of thiophene rings is 2. The van der Waals surface area contributed by atoms with Gasteiger partial charge in [-0.25, -0.2) is 26.2 Å². The Morgan fingerprint density at radius 2 is 1.60 bits per heavy atom. The first kappa shape index (κ1) is 35.5. The van der Waals surface area contributed by atoms with Crippen molar-refractivity contribution in [2.75, 3.05) is 19.0 Å². The zero-order valence-corrected chi connectivity index (χ0v) is 31.7. The molecule has 0 amide bonds. The highest BCUT2D eigenvalue weighted by atomic mass is 32.2. The Kier molecular flexibility index (Phi) is 8.05. The van der Waals surface area contributed by atoms with Crippen LogP contribution in [0.5, 0.6) is 11.5 Å². The molecule has 0 saturated heterocycles. The lowest BCUT2D eigenvalue weighted by molar-refractivity contribution is -0.137. The fourth-order valence-corrected chi connectivity index (χ4v) is 11.0.